The number of nitrogens with zero attached hydrogens (tertiary/aromatic N) is 1. The fourth-order valence-corrected chi connectivity index (χ4v) is 4.64. The Balaban J connectivity index is 1.87. The Morgan fingerprint density at radius 3 is 2.31 bits per heavy atom. The summed E-state index contributed by atoms with van der Waals surface area (Å²) in [6.45, 7) is 0. The zero-order valence-electron chi connectivity index (χ0n) is 14.3. The molecule has 12 heteroatoms. The predicted molar refractivity (Wildman–Crippen MR) is 102 cm³/mol. The summed E-state index contributed by atoms with van der Waals surface area (Å²) in [5, 5.41) is 1.57. The van der Waals surface area contributed by atoms with Crippen molar-refractivity contribution in [1.82, 2.24) is 0 Å². The lowest BCUT2D eigenvalue weighted by molar-refractivity contribution is -0.137. The molecule has 0 saturated carbocycles. The van der Waals surface area contributed by atoms with E-state index in [2.05, 4.69) is 5.32 Å². The van der Waals surface area contributed by atoms with E-state index in [0.29, 0.717) is 10.4 Å². The Labute approximate surface area is 173 Å². The largest absolute Gasteiger partial charge is 0.417 e. The third-order valence-corrected chi connectivity index (χ3v) is 6.37. The molecule has 0 aliphatic carbocycles. The number of alkyl halides is 3. The zero-order valence-corrected chi connectivity index (χ0v) is 16.6. The summed E-state index contributed by atoms with van der Waals surface area (Å²) in [5.74, 6) is -1.78. The van der Waals surface area contributed by atoms with Crippen molar-refractivity contribution in [2.75, 3.05) is 15.4 Å². The number of anilines is 2. The van der Waals surface area contributed by atoms with Crippen LogP contribution in [0.2, 0.25) is 10.0 Å². The minimum Gasteiger partial charge on any atom is -0.322 e. The third kappa shape index (κ3) is 4.34. The molecular weight excluding hydrogens is 456 g/mol. The average Bonchev–Trinajstić information content (AvgIpc) is 2.88. The molecule has 0 spiro atoms. The van der Waals surface area contributed by atoms with E-state index in [0.717, 1.165) is 12.1 Å². The molecule has 0 atom stereocenters. The van der Waals surface area contributed by atoms with Gasteiger partial charge in [-0.25, -0.2) is 12.7 Å². The summed E-state index contributed by atoms with van der Waals surface area (Å²) in [4.78, 5) is 24.2. The first-order valence-corrected chi connectivity index (χ1v) is 10.3. The number of benzene rings is 2. The van der Waals surface area contributed by atoms with Gasteiger partial charge in [0.15, 0.2) is 0 Å². The molecule has 1 aliphatic heterocycles. The van der Waals surface area contributed by atoms with Crippen molar-refractivity contribution < 1.29 is 31.2 Å². The van der Waals surface area contributed by atoms with E-state index in [4.69, 9.17) is 23.2 Å². The average molecular weight is 467 g/mol. The van der Waals surface area contributed by atoms with Gasteiger partial charge in [0.1, 0.15) is 0 Å². The fourth-order valence-electron chi connectivity index (χ4n) is 2.70. The molecule has 1 aliphatic rings. The molecule has 0 radical (unpaired) electrons. The molecule has 0 bridgehead atoms. The van der Waals surface area contributed by atoms with Crippen LogP contribution in [0.25, 0.3) is 0 Å². The van der Waals surface area contributed by atoms with Crippen molar-refractivity contribution in [2.24, 2.45) is 0 Å². The SMILES string of the molecule is O=C(Nc1ccc(Cl)c(C(F)(F)F)c1)c1ccc(N2C(=O)CCS2(=O)=O)cc1Cl. The van der Waals surface area contributed by atoms with Crippen molar-refractivity contribution >= 4 is 56.4 Å². The van der Waals surface area contributed by atoms with Gasteiger partial charge in [0.05, 0.1) is 32.6 Å². The van der Waals surface area contributed by atoms with Gasteiger partial charge < -0.3 is 5.32 Å². The molecule has 154 valence electrons. The van der Waals surface area contributed by atoms with E-state index in [1.807, 2.05) is 0 Å². The highest BCUT2D eigenvalue weighted by Crippen LogP contribution is 2.36. The van der Waals surface area contributed by atoms with Crippen LogP contribution in [-0.4, -0.2) is 26.0 Å². The third-order valence-electron chi connectivity index (χ3n) is 4.04. The number of carbonyl (C=O) groups is 2. The maximum Gasteiger partial charge on any atom is 0.417 e. The highest BCUT2D eigenvalue weighted by molar-refractivity contribution is 7.94. The summed E-state index contributed by atoms with van der Waals surface area (Å²) in [6, 6.07) is 6.37. The van der Waals surface area contributed by atoms with Gasteiger partial charge in [0.2, 0.25) is 15.9 Å². The lowest BCUT2D eigenvalue weighted by Crippen LogP contribution is -2.29. The zero-order chi connectivity index (χ0) is 21.6. The minimum absolute atomic E-state index is 0.0279. The molecule has 6 nitrogen and oxygen atoms in total. The molecule has 2 amide bonds. The second-order valence-electron chi connectivity index (χ2n) is 6.03. The molecule has 1 fully saturated rings. The first-order valence-electron chi connectivity index (χ1n) is 7.93. The molecule has 1 saturated heterocycles. The van der Waals surface area contributed by atoms with E-state index in [1.165, 1.54) is 18.2 Å². The van der Waals surface area contributed by atoms with Crippen LogP contribution in [0.4, 0.5) is 24.5 Å². The number of amides is 2. The minimum atomic E-state index is -4.70. The van der Waals surface area contributed by atoms with Gasteiger partial charge in [-0.2, -0.15) is 13.2 Å². The molecule has 2 aromatic carbocycles. The smallest absolute Gasteiger partial charge is 0.322 e. The second kappa shape index (κ2) is 7.51. The Morgan fingerprint density at radius 2 is 1.76 bits per heavy atom. The normalized spacial score (nSPS) is 16.2. The second-order valence-corrected chi connectivity index (χ2v) is 8.79. The van der Waals surface area contributed by atoms with E-state index in [-0.39, 0.29) is 34.1 Å². The molecule has 29 heavy (non-hydrogen) atoms. The fraction of sp³-hybridized carbons (Fsp3) is 0.176. The van der Waals surface area contributed by atoms with Crippen LogP contribution >= 0.6 is 23.2 Å². The lowest BCUT2D eigenvalue weighted by atomic mass is 10.1. The Morgan fingerprint density at radius 1 is 1.07 bits per heavy atom. The van der Waals surface area contributed by atoms with Crippen LogP contribution < -0.4 is 9.62 Å². The summed E-state index contributed by atoms with van der Waals surface area (Å²) in [7, 11) is -3.81. The van der Waals surface area contributed by atoms with Gasteiger partial charge in [-0.3, -0.25) is 9.59 Å². The summed E-state index contributed by atoms with van der Waals surface area (Å²) in [5.41, 5.74) is -1.43. The van der Waals surface area contributed by atoms with Crippen molar-refractivity contribution in [3.8, 4) is 0 Å². The number of halogens is 5. The van der Waals surface area contributed by atoms with Crippen molar-refractivity contribution in [2.45, 2.75) is 12.6 Å². The number of rotatable bonds is 3. The molecule has 1 heterocycles. The highest BCUT2D eigenvalue weighted by atomic mass is 35.5. The van der Waals surface area contributed by atoms with Gasteiger partial charge in [-0.15, -0.1) is 0 Å². The van der Waals surface area contributed by atoms with E-state index in [9.17, 15) is 31.2 Å². The maximum absolute atomic E-state index is 12.9. The van der Waals surface area contributed by atoms with Crippen molar-refractivity contribution in [1.29, 1.82) is 0 Å². The molecule has 1 N–H and O–H groups in total. The summed E-state index contributed by atoms with van der Waals surface area (Å²) < 4.78 is 63.4. The van der Waals surface area contributed by atoms with E-state index in [1.54, 1.807) is 0 Å². The predicted octanol–water partition coefficient (Wildman–Crippen LogP) is 4.33. The standard InChI is InChI=1S/C17H11Cl2F3N2O4S/c18-13-4-1-9(7-12(13)17(20,21)22)23-16(26)11-3-2-10(8-14(11)19)24-15(25)5-6-29(24,27)28/h1-4,7-8H,5-6H2,(H,23,26). The van der Waals surface area contributed by atoms with Crippen LogP contribution in [0.15, 0.2) is 36.4 Å². The highest BCUT2D eigenvalue weighted by Gasteiger charge is 2.37. The Bertz CT molecular complexity index is 1120. The van der Waals surface area contributed by atoms with Crippen LogP contribution in [0.5, 0.6) is 0 Å². The number of nitrogens with one attached hydrogen (secondary N) is 1. The van der Waals surface area contributed by atoms with E-state index < -0.39 is 38.6 Å². The van der Waals surface area contributed by atoms with Gasteiger partial charge in [0.25, 0.3) is 5.91 Å². The maximum atomic E-state index is 12.9. The van der Waals surface area contributed by atoms with Gasteiger partial charge >= 0.3 is 6.18 Å². The number of carbonyl (C=O) groups excluding carboxylic acids is 2. The van der Waals surface area contributed by atoms with Gasteiger partial charge in [-0.1, -0.05) is 23.2 Å². The quantitative estimate of drug-likeness (QED) is 0.729. The monoisotopic (exact) mass is 466 g/mol. The van der Waals surface area contributed by atoms with Crippen LogP contribution in [0.1, 0.15) is 22.3 Å². The first-order chi connectivity index (χ1) is 13.4. The van der Waals surface area contributed by atoms with Gasteiger partial charge in [0, 0.05) is 12.1 Å². The van der Waals surface area contributed by atoms with Crippen LogP contribution in [-0.2, 0) is 21.0 Å². The topological polar surface area (TPSA) is 83.6 Å². The van der Waals surface area contributed by atoms with Gasteiger partial charge in [-0.05, 0) is 36.4 Å². The molecule has 0 aromatic heterocycles. The van der Waals surface area contributed by atoms with Crippen LogP contribution in [0.3, 0.4) is 0 Å². The molecule has 3 rings (SSSR count). The number of hydrogen-bond donors (Lipinski definition) is 1. The van der Waals surface area contributed by atoms with Crippen molar-refractivity contribution in [3.05, 3.63) is 57.6 Å². The Hall–Kier alpha value is -2.30. The van der Waals surface area contributed by atoms with Crippen molar-refractivity contribution in [3.63, 3.8) is 0 Å². The number of hydrogen-bond acceptors (Lipinski definition) is 4. The Kier molecular flexibility index (Phi) is 5.54. The summed E-state index contributed by atoms with van der Waals surface area (Å²) >= 11 is 11.6. The lowest BCUT2D eigenvalue weighted by Gasteiger charge is -2.16. The van der Waals surface area contributed by atoms with Crippen LogP contribution in [0, 0.1) is 0 Å². The molecule has 2 aromatic rings. The van der Waals surface area contributed by atoms with E-state index >= 15 is 0 Å². The molecule has 0 unspecified atom stereocenters. The summed E-state index contributed by atoms with van der Waals surface area (Å²) in [6.07, 6.45) is -4.87. The first kappa shape index (κ1) is 21.4. The number of sulfonamides is 1. The molecular formula is C17H11Cl2F3N2O4S.